The molecule has 0 saturated carbocycles. The van der Waals surface area contributed by atoms with E-state index in [1.165, 1.54) is 0 Å². The quantitative estimate of drug-likeness (QED) is 0.628. The molecule has 17 heavy (non-hydrogen) atoms. The highest BCUT2D eigenvalue weighted by Gasteiger charge is 2.02. The van der Waals surface area contributed by atoms with Gasteiger partial charge in [-0.3, -0.25) is 0 Å². The number of aromatic nitrogens is 2. The molecule has 4 nitrogen and oxygen atoms in total. The third kappa shape index (κ3) is 1.80. The van der Waals surface area contributed by atoms with E-state index in [9.17, 15) is 5.11 Å². The number of phenolic OH excluding ortho intramolecular Hbond substituents is 1. The minimum Gasteiger partial charge on any atom is -0.508 e. The van der Waals surface area contributed by atoms with Crippen molar-refractivity contribution in [3.05, 3.63) is 48.8 Å². The molecule has 0 bridgehead atoms. The number of benzene rings is 1. The van der Waals surface area contributed by atoms with Gasteiger partial charge in [0.25, 0.3) is 0 Å². The van der Waals surface area contributed by atoms with Crippen LogP contribution >= 0.6 is 0 Å². The van der Waals surface area contributed by atoms with Crippen molar-refractivity contribution in [3.63, 3.8) is 0 Å². The average Bonchev–Trinajstić information content (AvgIpc) is 2.78. The van der Waals surface area contributed by atoms with Crippen LogP contribution < -0.4 is 5.32 Å². The van der Waals surface area contributed by atoms with Gasteiger partial charge in [0.05, 0.1) is 5.69 Å². The minimum absolute atomic E-state index is 0.245. The number of hydrogen-bond donors (Lipinski definition) is 3. The summed E-state index contributed by atoms with van der Waals surface area (Å²) in [6.45, 7) is 0. The molecular formula is C13H11N3O. The van der Waals surface area contributed by atoms with Gasteiger partial charge in [-0.05, 0) is 24.3 Å². The van der Waals surface area contributed by atoms with E-state index in [2.05, 4.69) is 15.3 Å². The van der Waals surface area contributed by atoms with Crippen molar-refractivity contribution in [2.75, 3.05) is 5.32 Å². The summed E-state index contributed by atoms with van der Waals surface area (Å²) in [4.78, 5) is 7.27. The Hall–Kier alpha value is -2.49. The Balaban J connectivity index is 2.02. The number of rotatable bonds is 2. The van der Waals surface area contributed by atoms with E-state index >= 15 is 0 Å². The second-order valence-electron chi connectivity index (χ2n) is 3.77. The lowest BCUT2D eigenvalue weighted by molar-refractivity contribution is 0.475. The molecule has 0 fully saturated rings. The van der Waals surface area contributed by atoms with E-state index < -0.39 is 0 Å². The number of nitrogens with one attached hydrogen (secondary N) is 2. The van der Waals surface area contributed by atoms with Gasteiger partial charge in [-0.2, -0.15) is 0 Å². The number of H-pyrrole nitrogens is 1. The minimum atomic E-state index is 0.245. The van der Waals surface area contributed by atoms with Crippen LogP contribution in [0, 0.1) is 0 Å². The van der Waals surface area contributed by atoms with E-state index in [1.807, 2.05) is 24.4 Å². The molecule has 2 heterocycles. The largest absolute Gasteiger partial charge is 0.508 e. The van der Waals surface area contributed by atoms with Crippen LogP contribution in [0.1, 0.15) is 0 Å². The van der Waals surface area contributed by atoms with Gasteiger partial charge in [-0.15, -0.1) is 0 Å². The second kappa shape index (κ2) is 3.83. The van der Waals surface area contributed by atoms with Crippen LogP contribution in [0.15, 0.2) is 48.8 Å². The lowest BCUT2D eigenvalue weighted by Crippen LogP contribution is -1.91. The first-order valence-electron chi connectivity index (χ1n) is 5.31. The van der Waals surface area contributed by atoms with Crippen LogP contribution in [0.3, 0.4) is 0 Å². The predicted octanol–water partition coefficient (Wildman–Crippen LogP) is 3.01. The molecule has 4 heteroatoms. The summed E-state index contributed by atoms with van der Waals surface area (Å²) in [5.41, 5.74) is 2.65. The molecule has 0 aliphatic carbocycles. The molecule has 0 spiro atoms. The lowest BCUT2D eigenvalue weighted by atomic mass is 10.2. The summed E-state index contributed by atoms with van der Waals surface area (Å²) < 4.78 is 0. The Labute approximate surface area is 97.9 Å². The van der Waals surface area contributed by atoms with Crippen LogP contribution in [0.4, 0.5) is 11.4 Å². The first kappa shape index (κ1) is 9.72. The van der Waals surface area contributed by atoms with Crippen LogP contribution in [0.5, 0.6) is 5.75 Å². The van der Waals surface area contributed by atoms with Gasteiger partial charge in [0.2, 0.25) is 0 Å². The molecule has 0 saturated heterocycles. The Bertz CT molecular complexity index is 660. The van der Waals surface area contributed by atoms with Crippen molar-refractivity contribution in [1.29, 1.82) is 0 Å². The fourth-order valence-electron chi connectivity index (χ4n) is 1.81. The summed E-state index contributed by atoms with van der Waals surface area (Å²) in [5, 5.41) is 13.7. The molecule has 0 aliphatic heterocycles. The van der Waals surface area contributed by atoms with Crippen molar-refractivity contribution in [2.45, 2.75) is 0 Å². The molecule has 84 valence electrons. The maximum Gasteiger partial charge on any atom is 0.139 e. The van der Waals surface area contributed by atoms with Gasteiger partial charge in [0.1, 0.15) is 11.4 Å². The van der Waals surface area contributed by atoms with Crippen molar-refractivity contribution in [1.82, 2.24) is 9.97 Å². The number of hydrogen-bond acceptors (Lipinski definition) is 3. The van der Waals surface area contributed by atoms with Gasteiger partial charge in [0.15, 0.2) is 0 Å². The molecule has 3 aromatic rings. The number of pyridine rings is 1. The van der Waals surface area contributed by atoms with Crippen molar-refractivity contribution < 1.29 is 5.11 Å². The van der Waals surface area contributed by atoms with E-state index in [4.69, 9.17) is 0 Å². The lowest BCUT2D eigenvalue weighted by Gasteiger charge is -2.07. The number of nitrogens with zero attached hydrogens (tertiary/aromatic N) is 1. The van der Waals surface area contributed by atoms with E-state index in [0.29, 0.717) is 0 Å². The zero-order valence-electron chi connectivity index (χ0n) is 9.01. The standard InChI is InChI=1S/C13H11N3O/c17-10-3-1-2-9(8-10)16-12-5-7-15-13-11(12)4-6-14-13/h1-8,17H,(H2,14,15,16). The summed E-state index contributed by atoms with van der Waals surface area (Å²) in [6.07, 6.45) is 3.59. The summed E-state index contributed by atoms with van der Waals surface area (Å²) in [7, 11) is 0. The number of aromatic amines is 1. The molecule has 0 amide bonds. The molecule has 2 aromatic heterocycles. The van der Waals surface area contributed by atoms with Crippen LogP contribution in [-0.4, -0.2) is 15.1 Å². The van der Waals surface area contributed by atoms with Crippen molar-refractivity contribution in [2.24, 2.45) is 0 Å². The highest BCUT2D eigenvalue weighted by Crippen LogP contribution is 2.25. The number of fused-ring (bicyclic) bond motifs is 1. The highest BCUT2D eigenvalue weighted by atomic mass is 16.3. The van der Waals surface area contributed by atoms with Crippen LogP contribution in [-0.2, 0) is 0 Å². The van der Waals surface area contributed by atoms with E-state index in [1.54, 1.807) is 24.4 Å². The second-order valence-corrected chi connectivity index (χ2v) is 3.77. The van der Waals surface area contributed by atoms with Gasteiger partial charge < -0.3 is 15.4 Å². The zero-order chi connectivity index (χ0) is 11.7. The predicted molar refractivity (Wildman–Crippen MR) is 67.5 cm³/mol. The van der Waals surface area contributed by atoms with Crippen LogP contribution in [0.25, 0.3) is 11.0 Å². The first-order valence-corrected chi connectivity index (χ1v) is 5.31. The molecule has 3 N–H and O–H groups in total. The van der Waals surface area contributed by atoms with E-state index in [-0.39, 0.29) is 5.75 Å². The Morgan fingerprint density at radius 2 is 2.12 bits per heavy atom. The fourth-order valence-corrected chi connectivity index (χ4v) is 1.81. The highest BCUT2D eigenvalue weighted by molar-refractivity contribution is 5.91. The SMILES string of the molecule is Oc1cccc(Nc2ccnc3[nH]ccc23)c1. The fraction of sp³-hybridized carbons (Fsp3) is 0. The number of phenols is 1. The van der Waals surface area contributed by atoms with Gasteiger partial charge in [-0.1, -0.05) is 6.07 Å². The average molecular weight is 225 g/mol. The molecule has 0 atom stereocenters. The van der Waals surface area contributed by atoms with Gasteiger partial charge >= 0.3 is 0 Å². The van der Waals surface area contributed by atoms with Crippen molar-refractivity contribution >= 4 is 22.4 Å². The summed E-state index contributed by atoms with van der Waals surface area (Å²) >= 11 is 0. The smallest absolute Gasteiger partial charge is 0.139 e. The third-order valence-corrected chi connectivity index (χ3v) is 2.59. The zero-order valence-corrected chi connectivity index (χ0v) is 9.01. The topological polar surface area (TPSA) is 60.9 Å². The Morgan fingerprint density at radius 3 is 3.00 bits per heavy atom. The normalized spacial score (nSPS) is 10.6. The maximum atomic E-state index is 9.41. The monoisotopic (exact) mass is 225 g/mol. The summed E-state index contributed by atoms with van der Waals surface area (Å²) in [6, 6.07) is 10.9. The number of anilines is 2. The van der Waals surface area contributed by atoms with Crippen molar-refractivity contribution in [3.8, 4) is 5.75 Å². The van der Waals surface area contributed by atoms with Gasteiger partial charge in [0, 0.05) is 29.5 Å². The molecule has 0 unspecified atom stereocenters. The molecule has 0 aliphatic rings. The first-order chi connectivity index (χ1) is 8.33. The number of aromatic hydroxyl groups is 1. The molecule has 3 rings (SSSR count). The molecular weight excluding hydrogens is 214 g/mol. The van der Waals surface area contributed by atoms with Gasteiger partial charge in [-0.25, -0.2) is 4.98 Å². The Kier molecular flexibility index (Phi) is 2.19. The summed E-state index contributed by atoms with van der Waals surface area (Å²) in [5.74, 6) is 0.245. The van der Waals surface area contributed by atoms with E-state index in [0.717, 1.165) is 22.4 Å². The molecule has 1 aromatic carbocycles. The maximum absolute atomic E-state index is 9.41. The molecule has 0 radical (unpaired) electrons. The third-order valence-electron chi connectivity index (χ3n) is 2.59. The van der Waals surface area contributed by atoms with Crippen LogP contribution in [0.2, 0.25) is 0 Å². The Morgan fingerprint density at radius 1 is 1.18 bits per heavy atom.